The summed E-state index contributed by atoms with van der Waals surface area (Å²) >= 11 is 0. The third-order valence-corrected chi connectivity index (χ3v) is 3.60. The molecular weight excluding hydrogens is 270 g/mol. The fourth-order valence-corrected chi connectivity index (χ4v) is 2.48. The van der Waals surface area contributed by atoms with Crippen molar-refractivity contribution < 1.29 is 19.1 Å². The van der Waals surface area contributed by atoms with Crippen molar-refractivity contribution >= 4 is 17.4 Å². The Morgan fingerprint density at radius 2 is 2.10 bits per heavy atom. The van der Waals surface area contributed by atoms with Gasteiger partial charge in [0.05, 0.1) is 5.56 Å². The number of furan rings is 1. The first-order valence-corrected chi connectivity index (χ1v) is 6.81. The second-order valence-corrected chi connectivity index (χ2v) is 5.18. The van der Waals surface area contributed by atoms with E-state index in [2.05, 4.69) is 5.32 Å². The van der Waals surface area contributed by atoms with Crippen molar-refractivity contribution in [1.82, 2.24) is 0 Å². The number of carbonyl (C=O) groups excluding carboxylic acids is 2. The Labute approximate surface area is 121 Å². The number of aryl methyl sites for hydroxylation is 2. The monoisotopic (exact) mass is 285 g/mol. The number of hydrogen-bond acceptors (Lipinski definition) is 4. The SMILES string of the molecule is Cc1cc(O)ccc1NC(=O)c1cc2c(o1)CCCC2=O. The smallest absolute Gasteiger partial charge is 0.291 e. The van der Waals surface area contributed by atoms with Crippen molar-refractivity contribution in [1.29, 1.82) is 0 Å². The summed E-state index contributed by atoms with van der Waals surface area (Å²) in [7, 11) is 0. The van der Waals surface area contributed by atoms with E-state index in [0.717, 1.165) is 12.0 Å². The molecule has 0 saturated carbocycles. The topological polar surface area (TPSA) is 79.5 Å². The highest BCUT2D eigenvalue weighted by molar-refractivity contribution is 6.05. The maximum absolute atomic E-state index is 12.2. The minimum Gasteiger partial charge on any atom is -0.508 e. The number of nitrogens with one attached hydrogen (secondary N) is 1. The van der Waals surface area contributed by atoms with Gasteiger partial charge in [0.25, 0.3) is 5.91 Å². The number of ketones is 1. The summed E-state index contributed by atoms with van der Waals surface area (Å²) in [5.74, 6) is 0.511. The number of carbonyl (C=O) groups is 2. The largest absolute Gasteiger partial charge is 0.508 e. The first-order chi connectivity index (χ1) is 10.0. The Kier molecular flexibility index (Phi) is 3.25. The highest BCUT2D eigenvalue weighted by Gasteiger charge is 2.24. The molecule has 0 saturated heterocycles. The maximum atomic E-state index is 12.2. The minimum absolute atomic E-state index is 0.0277. The second-order valence-electron chi connectivity index (χ2n) is 5.18. The summed E-state index contributed by atoms with van der Waals surface area (Å²) in [4.78, 5) is 23.9. The van der Waals surface area contributed by atoms with Crippen LogP contribution in [0.3, 0.4) is 0 Å². The van der Waals surface area contributed by atoms with E-state index in [1.165, 1.54) is 12.1 Å². The van der Waals surface area contributed by atoms with Crippen LogP contribution in [0.1, 0.15) is 45.1 Å². The molecule has 0 fully saturated rings. The van der Waals surface area contributed by atoms with Crippen LogP contribution in [0.2, 0.25) is 0 Å². The van der Waals surface area contributed by atoms with Crippen molar-refractivity contribution in [2.75, 3.05) is 5.32 Å². The molecule has 5 nitrogen and oxygen atoms in total. The molecule has 108 valence electrons. The first-order valence-electron chi connectivity index (χ1n) is 6.81. The Balaban J connectivity index is 1.84. The molecule has 3 rings (SSSR count). The van der Waals surface area contributed by atoms with Crippen LogP contribution in [0.25, 0.3) is 0 Å². The van der Waals surface area contributed by atoms with Gasteiger partial charge in [-0.15, -0.1) is 0 Å². The van der Waals surface area contributed by atoms with Crippen LogP contribution in [0.5, 0.6) is 5.75 Å². The van der Waals surface area contributed by atoms with Crippen molar-refractivity contribution in [3.63, 3.8) is 0 Å². The quantitative estimate of drug-likeness (QED) is 0.831. The number of phenols is 1. The summed E-state index contributed by atoms with van der Waals surface area (Å²) in [5.41, 5.74) is 1.86. The van der Waals surface area contributed by atoms with E-state index in [-0.39, 0.29) is 17.3 Å². The van der Waals surface area contributed by atoms with E-state index in [4.69, 9.17) is 4.42 Å². The van der Waals surface area contributed by atoms with Gasteiger partial charge in [0.1, 0.15) is 11.5 Å². The molecule has 1 heterocycles. The Bertz CT molecular complexity index is 730. The molecule has 5 heteroatoms. The van der Waals surface area contributed by atoms with E-state index >= 15 is 0 Å². The number of Topliss-reactive ketones (excluding diaryl/α,β-unsaturated/α-hetero) is 1. The van der Waals surface area contributed by atoms with Crippen LogP contribution in [0.4, 0.5) is 5.69 Å². The zero-order valence-corrected chi connectivity index (χ0v) is 11.6. The van der Waals surface area contributed by atoms with E-state index < -0.39 is 5.91 Å². The van der Waals surface area contributed by atoms with E-state index in [1.54, 1.807) is 19.1 Å². The van der Waals surface area contributed by atoms with Gasteiger partial charge in [-0.1, -0.05) is 0 Å². The first kappa shape index (κ1) is 13.4. The molecule has 0 aliphatic heterocycles. The van der Waals surface area contributed by atoms with Gasteiger partial charge in [-0.3, -0.25) is 9.59 Å². The van der Waals surface area contributed by atoms with Crippen molar-refractivity contribution in [2.45, 2.75) is 26.2 Å². The lowest BCUT2D eigenvalue weighted by molar-refractivity contribution is 0.0963. The molecule has 0 bridgehead atoms. The Hall–Kier alpha value is -2.56. The standard InChI is InChI=1S/C16H15NO4/c1-9-7-10(18)5-6-12(9)17-16(20)15-8-11-13(19)3-2-4-14(11)21-15/h5-8,18H,2-4H2,1H3,(H,17,20). The third-order valence-electron chi connectivity index (χ3n) is 3.60. The van der Waals surface area contributed by atoms with Crippen molar-refractivity contribution in [3.8, 4) is 5.75 Å². The predicted octanol–water partition coefficient (Wildman–Crippen LogP) is 3.06. The Morgan fingerprint density at radius 1 is 1.29 bits per heavy atom. The molecule has 0 unspecified atom stereocenters. The van der Waals surface area contributed by atoms with Crippen LogP contribution >= 0.6 is 0 Å². The van der Waals surface area contributed by atoms with Crippen LogP contribution in [-0.2, 0) is 6.42 Å². The van der Waals surface area contributed by atoms with Crippen LogP contribution in [-0.4, -0.2) is 16.8 Å². The number of aromatic hydroxyl groups is 1. The molecule has 1 aliphatic carbocycles. The van der Waals surface area contributed by atoms with E-state index in [9.17, 15) is 14.7 Å². The molecule has 1 aliphatic rings. The van der Waals surface area contributed by atoms with Crippen LogP contribution in [0, 0.1) is 6.92 Å². The molecule has 1 aromatic carbocycles. The van der Waals surface area contributed by atoms with Gasteiger partial charge in [-0.25, -0.2) is 0 Å². The molecule has 0 spiro atoms. The van der Waals surface area contributed by atoms with Crippen LogP contribution in [0.15, 0.2) is 28.7 Å². The zero-order valence-electron chi connectivity index (χ0n) is 11.6. The molecule has 2 aromatic rings. The van der Waals surface area contributed by atoms with Crippen molar-refractivity contribution in [3.05, 3.63) is 46.9 Å². The van der Waals surface area contributed by atoms with E-state index in [1.807, 2.05) is 0 Å². The zero-order chi connectivity index (χ0) is 15.0. The lowest BCUT2D eigenvalue weighted by Crippen LogP contribution is -2.11. The van der Waals surface area contributed by atoms with Gasteiger partial charge in [0.15, 0.2) is 11.5 Å². The van der Waals surface area contributed by atoms with Gasteiger partial charge in [0, 0.05) is 24.6 Å². The average Bonchev–Trinajstić information content (AvgIpc) is 2.87. The molecular formula is C16H15NO4. The summed E-state index contributed by atoms with van der Waals surface area (Å²) in [6, 6.07) is 6.20. The lowest BCUT2D eigenvalue weighted by Gasteiger charge is -2.07. The predicted molar refractivity (Wildman–Crippen MR) is 76.8 cm³/mol. The van der Waals surface area contributed by atoms with Gasteiger partial charge in [0.2, 0.25) is 0 Å². The summed E-state index contributed by atoms with van der Waals surface area (Å²) in [5, 5.41) is 12.1. The molecule has 21 heavy (non-hydrogen) atoms. The molecule has 1 amide bonds. The van der Waals surface area contributed by atoms with Crippen molar-refractivity contribution in [2.24, 2.45) is 0 Å². The summed E-state index contributed by atoms with van der Waals surface area (Å²) in [6.45, 7) is 1.78. The number of rotatable bonds is 2. The maximum Gasteiger partial charge on any atom is 0.291 e. The second kappa shape index (κ2) is 5.09. The fourth-order valence-electron chi connectivity index (χ4n) is 2.48. The highest BCUT2D eigenvalue weighted by atomic mass is 16.4. The lowest BCUT2D eigenvalue weighted by atomic mass is 9.97. The average molecular weight is 285 g/mol. The van der Waals surface area contributed by atoms with Crippen LogP contribution < -0.4 is 5.32 Å². The summed E-state index contributed by atoms with van der Waals surface area (Å²) in [6.07, 6.45) is 1.95. The van der Waals surface area contributed by atoms with Gasteiger partial charge < -0.3 is 14.8 Å². The Morgan fingerprint density at radius 3 is 2.81 bits per heavy atom. The van der Waals surface area contributed by atoms with Gasteiger partial charge in [-0.2, -0.15) is 0 Å². The normalized spacial score (nSPS) is 13.9. The molecule has 1 aromatic heterocycles. The third kappa shape index (κ3) is 2.54. The highest BCUT2D eigenvalue weighted by Crippen LogP contribution is 2.26. The number of amides is 1. The number of anilines is 1. The number of phenolic OH excluding ortho intramolecular Hbond substituents is 1. The molecule has 0 atom stereocenters. The van der Waals surface area contributed by atoms with Gasteiger partial charge >= 0.3 is 0 Å². The van der Waals surface area contributed by atoms with Gasteiger partial charge in [-0.05, 0) is 37.1 Å². The number of hydrogen-bond donors (Lipinski definition) is 2. The number of benzene rings is 1. The number of fused-ring (bicyclic) bond motifs is 1. The summed E-state index contributed by atoms with van der Waals surface area (Å²) < 4.78 is 5.49. The molecule has 0 radical (unpaired) electrons. The molecule has 2 N–H and O–H groups in total. The fraction of sp³-hybridized carbons (Fsp3) is 0.250. The van der Waals surface area contributed by atoms with E-state index in [0.29, 0.717) is 29.9 Å². The minimum atomic E-state index is -0.397.